The quantitative estimate of drug-likeness (QED) is 0.490. The summed E-state index contributed by atoms with van der Waals surface area (Å²) in [5.74, 6) is 0.803. The molecule has 0 atom stereocenters. The molecule has 92 valence electrons. The second-order valence-electron chi connectivity index (χ2n) is 4.52. The fourth-order valence-electron chi connectivity index (χ4n) is 1.18. The Morgan fingerprint density at radius 2 is 2.18 bits per heavy atom. The Hall–Kier alpha value is -1.62. The molecular weight excluding hydrogens is 234 g/mol. The molecule has 0 aliphatic carbocycles. The number of nitrogens with two attached hydrogens (primary N) is 1. The molecule has 0 radical (unpaired) electrons. The highest BCUT2D eigenvalue weighted by Gasteiger charge is 2.11. The second kappa shape index (κ2) is 5.63. The van der Waals surface area contributed by atoms with Gasteiger partial charge in [-0.1, -0.05) is 12.1 Å². The smallest absolute Gasteiger partial charge is 0.184 e. The number of ether oxygens (including phenoxy) is 1. The summed E-state index contributed by atoms with van der Waals surface area (Å²) < 4.78 is 5.74. The van der Waals surface area contributed by atoms with E-state index in [0.717, 1.165) is 11.3 Å². The zero-order valence-corrected chi connectivity index (χ0v) is 11.0. The maximum absolute atomic E-state index is 5.74. The van der Waals surface area contributed by atoms with Crippen LogP contribution in [0.3, 0.4) is 0 Å². The maximum atomic E-state index is 5.74. The van der Waals surface area contributed by atoms with Gasteiger partial charge in [0.15, 0.2) is 5.11 Å². The van der Waals surface area contributed by atoms with Gasteiger partial charge in [-0.3, -0.25) is 5.43 Å². The van der Waals surface area contributed by atoms with Crippen LogP contribution >= 0.6 is 12.2 Å². The third-order valence-corrected chi connectivity index (χ3v) is 1.76. The third-order valence-electron chi connectivity index (χ3n) is 1.67. The van der Waals surface area contributed by atoms with Crippen LogP contribution in [0.25, 0.3) is 0 Å². The number of benzene rings is 1. The van der Waals surface area contributed by atoms with Crippen molar-refractivity contribution >= 4 is 23.5 Å². The molecule has 0 aliphatic rings. The van der Waals surface area contributed by atoms with Crippen LogP contribution in [0.5, 0.6) is 5.75 Å². The molecule has 5 heteroatoms. The minimum absolute atomic E-state index is 0.142. The number of hydrogen-bond donors (Lipinski definition) is 2. The van der Waals surface area contributed by atoms with Crippen molar-refractivity contribution in [2.24, 2.45) is 10.8 Å². The Morgan fingerprint density at radius 1 is 1.47 bits per heavy atom. The van der Waals surface area contributed by atoms with Crippen LogP contribution in [-0.4, -0.2) is 16.9 Å². The van der Waals surface area contributed by atoms with E-state index in [1.807, 2.05) is 45.0 Å². The zero-order chi connectivity index (χ0) is 12.9. The molecule has 0 saturated heterocycles. The first-order valence-electron chi connectivity index (χ1n) is 5.24. The lowest BCUT2D eigenvalue weighted by Gasteiger charge is -2.21. The van der Waals surface area contributed by atoms with E-state index in [2.05, 4.69) is 22.7 Å². The lowest BCUT2D eigenvalue weighted by atomic mass is 10.2. The van der Waals surface area contributed by atoms with E-state index < -0.39 is 0 Å². The van der Waals surface area contributed by atoms with E-state index in [1.54, 1.807) is 6.21 Å². The number of hydrazone groups is 1. The summed E-state index contributed by atoms with van der Waals surface area (Å²) in [5.41, 5.74) is 8.45. The summed E-state index contributed by atoms with van der Waals surface area (Å²) in [6.45, 7) is 6.01. The van der Waals surface area contributed by atoms with Gasteiger partial charge in [-0.2, -0.15) is 5.10 Å². The third kappa shape index (κ3) is 5.87. The van der Waals surface area contributed by atoms with Crippen LogP contribution in [0, 0.1) is 0 Å². The Bertz CT molecular complexity index is 424. The van der Waals surface area contributed by atoms with E-state index in [1.165, 1.54) is 0 Å². The highest BCUT2D eigenvalue weighted by molar-refractivity contribution is 7.80. The molecule has 0 unspecified atom stereocenters. The van der Waals surface area contributed by atoms with Crippen molar-refractivity contribution in [3.63, 3.8) is 0 Å². The van der Waals surface area contributed by atoms with Crippen molar-refractivity contribution in [1.29, 1.82) is 0 Å². The molecule has 1 aromatic rings. The van der Waals surface area contributed by atoms with Gasteiger partial charge in [-0.15, -0.1) is 0 Å². The standard InChI is InChI=1S/C12H17N3OS/c1-12(2,3)16-10-6-4-5-9(7-10)8-14-15-11(13)17/h4-8H,1-3H3,(H3,13,15,17). The topological polar surface area (TPSA) is 59.6 Å². The van der Waals surface area contributed by atoms with Crippen molar-refractivity contribution in [3.8, 4) is 5.75 Å². The average Bonchev–Trinajstić information content (AvgIpc) is 2.14. The number of nitrogens with zero attached hydrogens (tertiary/aromatic N) is 1. The largest absolute Gasteiger partial charge is 0.488 e. The van der Waals surface area contributed by atoms with Crippen LogP contribution in [0.4, 0.5) is 0 Å². The second-order valence-corrected chi connectivity index (χ2v) is 4.96. The maximum Gasteiger partial charge on any atom is 0.184 e. The highest BCUT2D eigenvalue weighted by atomic mass is 32.1. The molecule has 3 N–H and O–H groups in total. The van der Waals surface area contributed by atoms with Crippen LogP contribution < -0.4 is 15.9 Å². The summed E-state index contributed by atoms with van der Waals surface area (Å²) in [4.78, 5) is 0. The molecule has 4 nitrogen and oxygen atoms in total. The van der Waals surface area contributed by atoms with Gasteiger partial charge in [-0.05, 0) is 50.7 Å². The first kappa shape index (κ1) is 13.4. The van der Waals surface area contributed by atoms with Crippen LogP contribution in [-0.2, 0) is 0 Å². The average molecular weight is 251 g/mol. The minimum Gasteiger partial charge on any atom is -0.488 e. The summed E-state index contributed by atoms with van der Waals surface area (Å²) in [6, 6.07) is 7.63. The van der Waals surface area contributed by atoms with Gasteiger partial charge in [-0.25, -0.2) is 0 Å². The molecule has 1 rings (SSSR count). The number of nitrogens with one attached hydrogen (secondary N) is 1. The molecular formula is C12H17N3OS. The first-order chi connectivity index (χ1) is 7.87. The van der Waals surface area contributed by atoms with Gasteiger partial charge in [0.2, 0.25) is 0 Å². The minimum atomic E-state index is -0.215. The van der Waals surface area contributed by atoms with Gasteiger partial charge in [0.25, 0.3) is 0 Å². The van der Waals surface area contributed by atoms with Gasteiger partial charge in [0.05, 0.1) is 6.21 Å². The highest BCUT2D eigenvalue weighted by Crippen LogP contribution is 2.18. The van der Waals surface area contributed by atoms with Gasteiger partial charge in [0, 0.05) is 0 Å². The van der Waals surface area contributed by atoms with E-state index in [4.69, 9.17) is 10.5 Å². The molecule has 0 saturated carbocycles. The van der Waals surface area contributed by atoms with Gasteiger partial charge in [0.1, 0.15) is 11.4 Å². The van der Waals surface area contributed by atoms with Crippen LogP contribution in [0.1, 0.15) is 26.3 Å². The van der Waals surface area contributed by atoms with Crippen molar-refractivity contribution in [2.75, 3.05) is 0 Å². The summed E-state index contributed by atoms with van der Waals surface area (Å²) >= 11 is 4.64. The van der Waals surface area contributed by atoms with E-state index in [0.29, 0.717) is 0 Å². The van der Waals surface area contributed by atoms with E-state index in [-0.39, 0.29) is 10.7 Å². The van der Waals surface area contributed by atoms with Crippen molar-refractivity contribution in [3.05, 3.63) is 29.8 Å². The molecule has 0 aliphatic heterocycles. The predicted molar refractivity (Wildman–Crippen MR) is 74.3 cm³/mol. The van der Waals surface area contributed by atoms with Crippen molar-refractivity contribution in [1.82, 2.24) is 5.43 Å². The SMILES string of the molecule is CC(C)(C)Oc1cccc(C=NNC(N)=S)c1. The lowest BCUT2D eigenvalue weighted by Crippen LogP contribution is -2.24. The molecule has 0 bridgehead atoms. The molecule has 0 fully saturated rings. The van der Waals surface area contributed by atoms with Crippen molar-refractivity contribution in [2.45, 2.75) is 26.4 Å². The number of hydrogen-bond acceptors (Lipinski definition) is 3. The normalized spacial score (nSPS) is 11.5. The van der Waals surface area contributed by atoms with E-state index >= 15 is 0 Å². The predicted octanol–water partition coefficient (Wildman–Crippen LogP) is 2.03. The van der Waals surface area contributed by atoms with Gasteiger partial charge >= 0.3 is 0 Å². The summed E-state index contributed by atoms with van der Waals surface area (Å²) in [7, 11) is 0. The monoisotopic (exact) mass is 251 g/mol. The number of rotatable bonds is 3. The molecule has 17 heavy (non-hydrogen) atoms. The summed E-state index contributed by atoms with van der Waals surface area (Å²) in [6.07, 6.45) is 1.63. The fourth-order valence-corrected chi connectivity index (χ4v) is 1.24. The Balaban J connectivity index is 2.72. The number of thiocarbonyl (C=S) groups is 1. The van der Waals surface area contributed by atoms with Crippen LogP contribution in [0.2, 0.25) is 0 Å². The van der Waals surface area contributed by atoms with E-state index in [9.17, 15) is 0 Å². The molecule has 0 amide bonds. The lowest BCUT2D eigenvalue weighted by molar-refractivity contribution is 0.131. The fraction of sp³-hybridized carbons (Fsp3) is 0.333. The first-order valence-corrected chi connectivity index (χ1v) is 5.65. The molecule has 0 aromatic heterocycles. The molecule has 1 aromatic carbocycles. The Labute approximate surface area is 107 Å². The molecule has 0 heterocycles. The van der Waals surface area contributed by atoms with Crippen LogP contribution in [0.15, 0.2) is 29.4 Å². The Kier molecular flexibility index (Phi) is 4.45. The van der Waals surface area contributed by atoms with Gasteiger partial charge < -0.3 is 10.5 Å². The zero-order valence-electron chi connectivity index (χ0n) is 10.2. The van der Waals surface area contributed by atoms with Crippen molar-refractivity contribution < 1.29 is 4.74 Å². The summed E-state index contributed by atoms with van der Waals surface area (Å²) in [5, 5.41) is 4.02. The Morgan fingerprint density at radius 3 is 2.76 bits per heavy atom. The molecule has 0 spiro atoms.